The van der Waals surface area contributed by atoms with E-state index in [-0.39, 0.29) is 5.41 Å². The predicted octanol–water partition coefficient (Wildman–Crippen LogP) is 10.3. The number of fused-ring (bicyclic) bond motifs is 6. The number of aromatic nitrogens is 4. The van der Waals surface area contributed by atoms with E-state index in [0.717, 1.165) is 55.6 Å². The lowest BCUT2D eigenvalue weighted by molar-refractivity contribution is 0.484. The minimum Gasteiger partial charge on any atom is -0.457 e. The molecule has 0 unspecified atom stereocenters. The van der Waals surface area contributed by atoms with Gasteiger partial charge in [-0.1, -0.05) is 51.1 Å². The van der Waals surface area contributed by atoms with E-state index in [4.69, 9.17) is 16.3 Å². The summed E-state index contributed by atoms with van der Waals surface area (Å²) in [6.45, 7) is 14.2. The van der Waals surface area contributed by atoms with E-state index >= 15 is 0 Å². The molecular weight excluding hydrogens is 554 g/mol. The van der Waals surface area contributed by atoms with Gasteiger partial charge < -0.3 is 4.74 Å². The molecule has 0 fully saturated rings. The molecule has 4 aromatic heterocycles. The summed E-state index contributed by atoms with van der Waals surface area (Å²) in [5.74, 6) is 3.13. The Bertz CT molecular complexity index is 2460. The minimum absolute atomic E-state index is 0.0294. The van der Waals surface area contributed by atoms with Crippen LogP contribution in [0.25, 0.3) is 60.1 Å². The van der Waals surface area contributed by atoms with Gasteiger partial charge in [0, 0.05) is 40.7 Å². The van der Waals surface area contributed by atoms with Crippen molar-refractivity contribution in [3.05, 3.63) is 139 Å². The predicted molar refractivity (Wildman–Crippen MR) is 182 cm³/mol. The molecule has 216 valence electrons. The third kappa shape index (κ3) is 4.40. The van der Waals surface area contributed by atoms with E-state index in [0.29, 0.717) is 11.4 Å². The van der Waals surface area contributed by atoms with Crippen molar-refractivity contribution in [2.45, 2.75) is 26.2 Å². The Labute approximate surface area is 260 Å². The van der Waals surface area contributed by atoms with Crippen molar-refractivity contribution in [2.24, 2.45) is 0 Å². The van der Waals surface area contributed by atoms with Crippen molar-refractivity contribution >= 4 is 49.3 Å². The molecule has 0 N–H and O–H groups in total. The van der Waals surface area contributed by atoms with Crippen molar-refractivity contribution < 1.29 is 4.74 Å². The molecule has 45 heavy (non-hydrogen) atoms. The zero-order chi connectivity index (χ0) is 30.7. The number of nitrogens with zero attached hydrogens (tertiary/aromatic N) is 5. The van der Waals surface area contributed by atoms with Crippen molar-refractivity contribution in [3.8, 4) is 23.1 Å². The van der Waals surface area contributed by atoms with E-state index in [9.17, 15) is 0 Å². The number of para-hydroxylation sites is 1. The summed E-state index contributed by atoms with van der Waals surface area (Å²) in [5, 5.41) is 4.35. The summed E-state index contributed by atoms with van der Waals surface area (Å²) in [5.41, 5.74) is 5.86. The SMILES string of the molecule is [C-]#[N+]c1ccc2c(c1)c1ccc(Oc3ccc4c5ccccc5n(-c5ccccn5)c4c3)cc1n2-c1cc(C(C)(C)C)ccn1. The fraction of sp³-hybridized carbons (Fsp3) is 0.103. The van der Waals surface area contributed by atoms with E-state index in [1.54, 1.807) is 0 Å². The summed E-state index contributed by atoms with van der Waals surface area (Å²) in [4.78, 5) is 13.1. The van der Waals surface area contributed by atoms with E-state index < -0.39 is 0 Å². The van der Waals surface area contributed by atoms with Gasteiger partial charge in [0.15, 0.2) is 5.69 Å². The average Bonchev–Trinajstić information content (AvgIpc) is 3.56. The first-order chi connectivity index (χ1) is 21.9. The molecule has 8 aromatic rings. The maximum atomic E-state index is 7.60. The Morgan fingerprint density at radius 1 is 0.578 bits per heavy atom. The second kappa shape index (κ2) is 10.1. The lowest BCUT2D eigenvalue weighted by atomic mass is 9.88. The van der Waals surface area contributed by atoms with Gasteiger partial charge in [-0.15, -0.1) is 0 Å². The van der Waals surface area contributed by atoms with E-state index in [2.05, 4.69) is 100 Å². The molecule has 0 atom stereocenters. The molecule has 0 spiro atoms. The molecule has 0 aliphatic carbocycles. The molecule has 4 heterocycles. The van der Waals surface area contributed by atoms with E-state index in [1.807, 2.05) is 60.9 Å². The highest BCUT2D eigenvalue weighted by molar-refractivity contribution is 6.11. The molecule has 0 saturated carbocycles. The molecule has 6 heteroatoms. The first-order valence-electron chi connectivity index (χ1n) is 14.9. The zero-order valence-electron chi connectivity index (χ0n) is 25.2. The molecule has 0 radical (unpaired) electrons. The van der Waals surface area contributed by atoms with Gasteiger partial charge in [0.1, 0.15) is 23.1 Å². The van der Waals surface area contributed by atoms with Crippen LogP contribution in [0.1, 0.15) is 26.3 Å². The van der Waals surface area contributed by atoms with Crippen molar-refractivity contribution in [3.63, 3.8) is 0 Å². The number of rotatable bonds is 4. The van der Waals surface area contributed by atoms with Crippen LogP contribution >= 0.6 is 0 Å². The van der Waals surface area contributed by atoms with Crippen molar-refractivity contribution in [1.29, 1.82) is 0 Å². The van der Waals surface area contributed by atoms with Crippen LogP contribution in [0, 0.1) is 6.57 Å². The van der Waals surface area contributed by atoms with Crippen LogP contribution in [0.3, 0.4) is 0 Å². The zero-order valence-corrected chi connectivity index (χ0v) is 25.2. The van der Waals surface area contributed by atoms with Gasteiger partial charge in [-0.05, 0) is 83.1 Å². The molecular formula is C39H29N5O. The Hall–Kier alpha value is -5.93. The van der Waals surface area contributed by atoms with Gasteiger partial charge in [-0.25, -0.2) is 14.8 Å². The minimum atomic E-state index is -0.0294. The third-order valence-electron chi connectivity index (χ3n) is 8.45. The molecule has 4 aromatic carbocycles. The number of benzene rings is 4. The normalized spacial score (nSPS) is 11.9. The molecule has 0 aliphatic rings. The molecule has 6 nitrogen and oxygen atoms in total. The second-order valence-electron chi connectivity index (χ2n) is 12.3. The fourth-order valence-electron chi connectivity index (χ4n) is 6.26. The van der Waals surface area contributed by atoms with Crippen LogP contribution in [0.2, 0.25) is 0 Å². The van der Waals surface area contributed by atoms with Gasteiger partial charge in [0.25, 0.3) is 0 Å². The maximum Gasteiger partial charge on any atom is 0.188 e. The standard InChI is InChI=1S/C39H29N5O/c1-39(2,3)25-18-20-42-38(21-25)44-34-17-12-26(40-4)22-32(34)31-16-14-28(24-36(31)44)45-27-13-15-30-29-9-5-6-10-33(29)43(35(30)23-27)37-11-7-8-19-41-37/h5-24H,1-3H3. The van der Waals surface area contributed by atoms with Gasteiger partial charge in [0.2, 0.25) is 0 Å². The molecule has 0 bridgehead atoms. The van der Waals surface area contributed by atoms with E-state index in [1.165, 1.54) is 10.9 Å². The van der Waals surface area contributed by atoms with Crippen molar-refractivity contribution in [1.82, 2.24) is 19.1 Å². The quantitative estimate of drug-likeness (QED) is 0.194. The molecule has 8 rings (SSSR count). The summed E-state index contributed by atoms with van der Waals surface area (Å²) in [7, 11) is 0. The Balaban J connectivity index is 1.29. The first kappa shape index (κ1) is 26.7. The topological polar surface area (TPSA) is 49.2 Å². The van der Waals surface area contributed by atoms with Gasteiger partial charge >= 0.3 is 0 Å². The Morgan fingerprint density at radius 2 is 1.22 bits per heavy atom. The fourth-order valence-corrected chi connectivity index (χ4v) is 6.26. The van der Waals surface area contributed by atoms with Crippen LogP contribution in [-0.4, -0.2) is 19.1 Å². The largest absolute Gasteiger partial charge is 0.457 e. The molecule has 0 aliphatic heterocycles. The lowest BCUT2D eigenvalue weighted by Crippen LogP contribution is -2.12. The van der Waals surface area contributed by atoms with Gasteiger partial charge in [-0.2, -0.15) is 0 Å². The van der Waals surface area contributed by atoms with Crippen LogP contribution < -0.4 is 4.74 Å². The van der Waals surface area contributed by atoms with Crippen molar-refractivity contribution in [2.75, 3.05) is 0 Å². The highest BCUT2D eigenvalue weighted by Crippen LogP contribution is 2.39. The Morgan fingerprint density at radius 3 is 1.93 bits per heavy atom. The highest BCUT2D eigenvalue weighted by Gasteiger charge is 2.19. The van der Waals surface area contributed by atoms with Gasteiger partial charge in [0.05, 0.1) is 28.6 Å². The second-order valence-corrected chi connectivity index (χ2v) is 12.3. The Kier molecular flexibility index (Phi) is 5.97. The molecule has 0 saturated heterocycles. The number of ether oxygens (including phenoxy) is 1. The van der Waals surface area contributed by atoms with Crippen LogP contribution in [0.15, 0.2) is 122 Å². The summed E-state index contributed by atoms with van der Waals surface area (Å²) >= 11 is 0. The summed E-state index contributed by atoms with van der Waals surface area (Å²) in [6, 6.07) is 36.8. The number of pyridine rings is 2. The van der Waals surface area contributed by atoms with Crippen LogP contribution in [-0.2, 0) is 5.41 Å². The maximum absolute atomic E-state index is 7.60. The monoisotopic (exact) mass is 583 g/mol. The number of hydrogen-bond donors (Lipinski definition) is 0. The third-order valence-corrected chi connectivity index (χ3v) is 8.45. The highest BCUT2D eigenvalue weighted by atomic mass is 16.5. The van der Waals surface area contributed by atoms with Crippen LogP contribution in [0.5, 0.6) is 11.5 Å². The van der Waals surface area contributed by atoms with Gasteiger partial charge in [-0.3, -0.25) is 9.13 Å². The summed E-state index contributed by atoms with van der Waals surface area (Å²) < 4.78 is 10.9. The lowest BCUT2D eigenvalue weighted by Gasteiger charge is -2.20. The number of hydrogen-bond acceptors (Lipinski definition) is 3. The molecule has 0 amide bonds. The van der Waals surface area contributed by atoms with Crippen LogP contribution in [0.4, 0.5) is 5.69 Å². The first-order valence-corrected chi connectivity index (χ1v) is 14.9. The summed E-state index contributed by atoms with van der Waals surface area (Å²) in [6.07, 6.45) is 3.69. The average molecular weight is 584 g/mol. The smallest absolute Gasteiger partial charge is 0.188 e.